The number of carbonyl (C=O) groups is 2. The van der Waals surface area contributed by atoms with E-state index in [2.05, 4.69) is 0 Å². The van der Waals surface area contributed by atoms with Crippen LogP contribution in [0.25, 0.3) is 10.8 Å². The average Bonchev–Trinajstić information content (AvgIpc) is 2.53. The maximum atomic E-state index is 13.0. The van der Waals surface area contributed by atoms with Crippen LogP contribution in [0.2, 0.25) is 0 Å². The summed E-state index contributed by atoms with van der Waals surface area (Å²) in [6, 6.07) is 6.77. The zero-order chi connectivity index (χ0) is 18.0. The van der Waals surface area contributed by atoms with Gasteiger partial charge in [0.05, 0.1) is 11.1 Å². The molecule has 0 amide bonds. The Kier molecular flexibility index (Phi) is 2.84. The second-order valence-electron chi connectivity index (χ2n) is 6.04. The molecule has 3 aromatic carbocycles. The summed E-state index contributed by atoms with van der Waals surface area (Å²) < 4.78 is 0. The lowest BCUT2D eigenvalue weighted by atomic mass is 9.80. The van der Waals surface area contributed by atoms with Crippen LogP contribution in [0.3, 0.4) is 0 Å². The van der Waals surface area contributed by atoms with E-state index in [1.54, 1.807) is 13.0 Å². The number of hydrogen-bond acceptors (Lipinski definition) is 6. The van der Waals surface area contributed by atoms with E-state index in [1.807, 2.05) is 0 Å². The van der Waals surface area contributed by atoms with Crippen LogP contribution in [0.5, 0.6) is 23.0 Å². The fourth-order valence-electron chi connectivity index (χ4n) is 3.37. The molecule has 6 nitrogen and oxygen atoms in total. The first-order valence-corrected chi connectivity index (χ1v) is 7.45. The zero-order valence-corrected chi connectivity index (χ0v) is 13.0. The summed E-state index contributed by atoms with van der Waals surface area (Å²) >= 11 is 0. The molecule has 4 rings (SSSR count). The predicted molar refractivity (Wildman–Crippen MR) is 88.7 cm³/mol. The number of carbonyl (C=O) groups excluding carboxylic acids is 2. The van der Waals surface area contributed by atoms with Gasteiger partial charge in [0.1, 0.15) is 11.5 Å². The van der Waals surface area contributed by atoms with Crippen molar-refractivity contribution in [3.8, 4) is 23.0 Å². The van der Waals surface area contributed by atoms with Gasteiger partial charge in [0.25, 0.3) is 0 Å². The summed E-state index contributed by atoms with van der Waals surface area (Å²) in [6.45, 7) is 1.75. The van der Waals surface area contributed by atoms with Gasteiger partial charge in [-0.25, -0.2) is 0 Å². The summed E-state index contributed by atoms with van der Waals surface area (Å²) in [4.78, 5) is 25.8. The highest BCUT2D eigenvalue weighted by atomic mass is 16.3. The molecule has 0 fully saturated rings. The van der Waals surface area contributed by atoms with Crippen LogP contribution in [-0.2, 0) is 0 Å². The van der Waals surface area contributed by atoms with Crippen molar-refractivity contribution in [3.63, 3.8) is 0 Å². The molecular formula is C19H12O6. The fourth-order valence-corrected chi connectivity index (χ4v) is 3.37. The fraction of sp³-hybridized carbons (Fsp3) is 0.0526. The molecule has 0 saturated heterocycles. The van der Waals surface area contributed by atoms with Crippen molar-refractivity contribution in [2.24, 2.45) is 0 Å². The number of aromatic hydroxyl groups is 4. The number of fused-ring (bicyclic) bond motifs is 4. The van der Waals surface area contributed by atoms with Crippen molar-refractivity contribution in [1.82, 2.24) is 0 Å². The molecule has 1 aliphatic carbocycles. The number of hydrogen-bond donors (Lipinski definition) is 4. The van der Waals surface area contributed by atoms with Crippen LogP contribution in [0.4, 0.5) is 0 Å². The van der Waals surface area contributed by atoms with E-state index in [0.717, 1.165) is 11.6 Å². The Morgan fingerprint density at radius 3 is 2.16 bits per heavy atom. The van der Waals surface area contributed by atoms with Gasteiger partial charge in [0.2, 0.25) is 5.78 Å². The highest BCUT2D eigenvalue weighted by Gasteiger charge is 2.37. The third kappa shape index (κ3) is 1.85. The Bertz CT molecular complexity index is 1130. The van der Waals surface area contributed by atoms with Gasteiger partial charge in [-0.2, -0.15) is 0 Å². The van der Waals surface area contributed by atoms with Gasteiger partial charge in [0, 0.05) is 16.5 Å². The van der Waals surface area contributed by atoms with Crippen LogP contribution in [0.1, 0.15) is 37.4 Å². The monoisotopic (exact) mass is 336 g/mol. The molecule has 0 unspecified atom stereocenters. The maximum Gasteiger partial charge on any atom is 0.202 e. The lowest BCUT2D eigenvalue weighted by Gasteiger charge is -2.21. The Morgan fingerprint density at radius 1 is 0.720 bits per heavy atom. The van der Waals surface area contributed by atoms with E-state index < -0.39 is 28.8 Å². The molecule has 0 aliphatic heterocycles. The van der Waals surface area contributed by atoms with E-state index in [-0.39, 0.29) is 33.4 Å². The van der Waals surface area contributed by atoms with Gasteiger partial charge in [0.15, 0.2) is 17.3 Å². The first-order valence-electron chi connectivity index (χ1n) is 7.45. The number of benzene rings is 3. The molecule has 6 heteroatoms. The zero-order valence-electron chi connectivity index (χ0n) is 13.0. The van der Waals surface area contributed by atoms with E-state index in [1.165, 1.54) is 18.2 Å². The lowest BCUT2D eigenvalue weighted by Crippen LogP contribution is -2.21. The van der Waals surface area contributed by atoms with Gasteiger partial charge < -0.3 is 20.4 Å². The largest absolute Gasteiger partial charge is 0.507 e. The molecule has 0 heterocycles. The molecule has 124 valence electrons. The van der Waals surface area contributed by atoms with Crippen molar-refractivity contribution in [1.29, 1.82) is 0 Å². The molecule has 1 aliphatic rings. The number of rotatable bonds is 0. The first kappa shape index (κ1) is 15.0. The normalized spacial score (nSPS) is 13.0. The van der Waals surface area contributed by atoms with Crippen molar-refractivity contribution in [2.45, 2.75) is 6.92 Å². The van der Waals surface area contributed by atoms with Crippen LogP contribution >= 0.6 is 0 Å². The summed E-state index contributed by atoms with van der Waals surface area (Å²) in [6.07, 6.45) is 0. The van der Waals surface area contributed by atoms with Gasteiger partial charge >= 0.3 is 0 Å². The SMILES string of the molecule is Cc1cc(O)c2c3c(c(O)cc2c1)C(=O)c1c(ccc(O)c1O)C3=O. The van der Waals surface area contributed by atoms with Gasteiger partial charge in [-0.1, -0.05) is 6.07 Å². The quantitative estimate of drug-likeness (QED) is 0.367. The van der Waals surface area contributed by atoms with Crippen molar-refractivity contribution < 1.29 is 30.0 Å². The van der Waals surface area contributed by atoms with Gasteiger partial charge in [-0.15, -0.1) is 0 Å². The first-order chi connectivity index (χ1) is 11.8. The second-order valence-corrected chi connectivity index (χ2v) is 6.04. The minimum absolute atomic E-state index is 0.0975. The molecule has 0 atom stereocenters. The maximum absolute atomic E-state index is 13.0. The number of ketones is 2. The minimum atomic E-state index is -0.794. The standard InChI is InChI=1S/C19H12O6/c1-7-4-8-6-12(22)15-16(13(8)11(21)5-7)17(23)9-2-3-10(20)18(24)14(9)19(15)25/h2-6,20-22,24H,1H3. The molecule has 0 aromatic heterocycles. The number of phenols is 4. The number of phenolic OH excluding ortho intramolecular Hbond substituents is 4. The summed E-state index contributed by atoms with van der Waals surface area (Å²) in [5.41, 5.74) is -0.152. The highest BCUT2D eigenvalue weighted by Crippen LogP contribution is 2.44. The smallest absolute Gasteiger partial charge is 0.202 e. The molecule has 0 bridgehead atoms. The van der Waals surface area contributed by atoms with E-state index in [9.17, 15) is 30.0 Å². The Labute approximate surface area is 141 Å². The van der Waals surface area contributed by atoms with Crippen LogP contribution < -0.4 is 0 Å². The summed E-state index contributed by atoms with van der Waals surface area (Å²) in [5.74, 6) is -3.29. The molecular weight excluding hydrogens is 324 g/mol. The molecule has 3 aromatic rings. The molecule has 0 radical (unpaired) electrons. The van der Waals surface area contributed by atoms with Crippen molar-refractivity contribution in [2.75, 3.05) is 0 Å². The summed E-state index contributed by atoms with van der Waals surface area (Å²) in [7, 11) is 0. The minimum Gasteiger partial charge on any atom is -0.507 e. The van der Waals surface area contributed by atoms with E-state index >= 15 is 0 Å². The van der Waals surface area contributed by atoms with Crippen LogP contribution in [0.15, 0.2) is 30.3 Å². The lowest BCUT2D eigenvalue weighted by molar-refractivity contribution is 0.0975. The topological polar surface area (TPSA) is 115 Å². The molecule has 4 N–H and O–H groups in total. The third-order valence-electron chi connectivity index (χ3n) is 4.42. The number of aryl methyl sites for hydroxylation is 1. The molecule has 25 heavy (non-hydrogen) atoms. The Morgan fingerprint density at radius 2 is 1.44 bits per heavy atom. The Hall–Kier alpha value is -3.54. The van der Waals surface area contributed by atoms with E-state index in [0.29, 0.717) is 5.39 Å². The predicted octanol–water partition coefficient (Wildman–Crippen LogP) is 2.75. The molecule has 0 saturated carbocycles. The third-order valence-corrected chi connectivity index (χ3v) is 4.42. The van der Waals surface area contributed by atoms with E-state index in [4.69, 9.17) is 0 Å². The van der Waals surface area contributed by atoms with Crippen molar-refractivity contribution in [3.05, 3.63) is 58.1 Å². The van der Waals surface area contributed by atoms with Gasteiger partial charge in [-0.05, 0) is 42.1 Å². The van der Waals surface area contributed by atoms with Crippen LogP contribution in [0, 0.1) is 6.92 Å². The molecule has 0 spiro atoms. The highest BCUT2D eigenvalue weighted by molar-refractivity contribution is 6.34. The average molecular weight is 336 g/mol. The summed E-state index contributed by atoms with van der Waals surface area (Å²) in [5, 5.41) is 40.8. The van der Waals surface area contributed by atoms with Crippen molar-refractivity contribution >= 4 is 22.3 Å². The second kappa shape index (κ2) is 4.73. The van der Waals surface area contributed by atoms with Crippen LogP contribution in [-0.4, -0.2) is 32.0 Å². The van der Waals surface area contributed by atoms with Gasteiger partial charge in [-0.3, -0.25) is 9.59 Å². The Balaban J connectivity index is 2.19.